The average Bonchev–Trinajstić information content (AvgIpc) is 2.28. The molecule has 0 nitrogen and oxygen atoms in total. The van der Waals surface area contributed by atoms with Gasteiger partial charge in [0.2, 0.25) is 0 Å². The first-order chi connectivity index (χ1) is 7.91. The molecule has 0 N–H and O–H groups in total. The summed E-state index contributed by atoms with van der Waals surface area (Å²) >= 11 is 0. The Morgan fingerprint density at radius 3 is 1.94 bits per heavy atom. The van der Waals surface area contributed by atoms with E-state index >= 15 is 0 Å². The zero-order valence-electron chi connectivity index (χ0n) is 12.4. The van der Waals surface area contributed by atoms with Crippen LogP contribution < -0.4 is 0 Å². The van der Waals surface area contributed by atoms with Gasteiger partial charge < -0.3 is 0 Å². The first-order valence-corrected chi connectivity index (χ1v) is 10.8. The molecule has 0 aromatic carbocycles. The van der Waals surface area contributed by atoms with Gasteiger partial charge in [0.15, 0.2) is 0 Å². The maximum Gasteiger partial charge on any atom is 0.111 e. The minimum Gasteiger partial charge on any atom is -0.0750 e. The SMILES string of the molecule is CC1CCC(C)([B][Si]2(C)CCC(C)CC2)CC1. The molecule has 17 heavy (non-hydrogen) atoms. The molecule has 1 saturated carbocycles. The molecule has 0 spiro atoms. The van der Waals surface area contributed by atoms with Crippen LogP contribution in [0.25, 0.3) is 0 Å². The molecule has 0 amide bonds. The lowest BCUT2D eigenvalue weighted by Gasteiger charge is -2.44. The van der Waals surface area contributed by atoms with Crippen LogP contribution in [0.2, 0.25) is 23.9 Å². The Bertz CT molecular complexity index is 222. The topological polar surface area (TPSA) is 0 Å². The van der Waals surface area contributed by atoms with Crippen molar-refractivity contribution in [2.24, 2.45) is 11.8 Å². The molecule has 1 heterocycles. The maximum absolute atomic E-state index is 2.91. The molecule has 2 aliphatic rings. The predicted octanol–water partition coefficient (Wildman–Crippen LogP) is 5.08. The normalized spacial score (nSPS) is 47.8. The highest BCUT2D eigenvalue weighted by atomic mass is 28.3. The third kappa shape index (κ3) is 3.62. The van der Waals surface area contributed by atoms with Crippen LogP contribution in [0.3, 0.4) is 0 Å². The molecule has 2 rings (SSSR count). The minimum absolute atomic E-state index is 0.605. The molecular formula is C15H30BSi. The Morgan fingerprint density at radius 1 is 0.941 bits per heavy atom. The Hall–Kier alpha value is 0.282. The lowest BCUT2D eigenvalue weighted by atomic mass is 9.59. The molecule has 0 atom stereocenters. The summed E-state index contributed by atoms with van der Waals surface area (Å²) in [6.07, 6.45) is 8.87. The van der Waals surface area contributed by atoms with E-state index in [0.29, 0.717) is 5.31 Å². The van der Waals surface area contributed by atoms with Crippen molar-refractivity contribution in [3.63, 3.8) is 0 Å². The van der Waals surface area contributed by atoms with Crippen LogP contribution in [0.1, 0.15) is 59.3 Å². The van der Waals surface area contributed by atoms with E-state index < -0.39 is 7.94 Å². The summed E-state index contributed by atoms with van der Waals surface area (Å²) in [5.41, 5.74) is 0. The lowest BCUT2D eigenvalue weighted by molar-refractivity contribution is 0.320. The molecule has 0 aromatic rings. The van der Waals surface area contributed by atoms with Crippen LogP contribution in [-0.2, 0) is 0 Å². The van der Waals surface area contributed by atoms with E-state index in [1.165, 1.54) is 38.5 Å². The van der Waals surface area contributed by atoms with Gasteiger partial charge in [0.1, 0.15) is 6.87 Å². The standard InChI is InChI=1S/C15H30BSi/c1-13-5-9-15(3,10-6-13)16-17(4)11-7-14(2)8-12-17/h13-14H,5-12H2,1-4H3. The second kappa shape index (κ2) is 5.11. The van der Waals surface area contributed by atoms with E-state index in [0.717, 1.165) is 11.8 Å². The van der Waals surface area contributed by atoms with E-state index in [9.17, 15) is 0 Å². The van der Waals surface area contributed by atoms with E-state index in [-0.39, 0.29) is 0 Å². The summed E-state index contributed by atoms with van der Waals surface area (Å²) < 4.78 is 0. The van der Waals surface area contributed by atoms with Crippen LogP contribution >= 0.6 is 0 Å². The molecule has 97 valence electrons. The average molecular weight is 249 g/mol. The summed E-state index contributed by atoms with van der Waals surface area (Å²) in [7, 11) is -0.985. The Labute approximate surface area is 110 Å². The van der Waals surface area contributed by atoms with Gasteiger partial charge >= 0.3 is 0 Å². The van der Waals surface area contributed by atoms with Crippen molar-refractivity contribution >= 4 is 14.8 Å². The van der Waals surface area contributed by atoms with Crippen molar-refractivity contribution in [2.45, 2.75) is 83.2 Å². The van der Waals surface area contributed by atoms with Crippen LogP contribution in [0.15, 0.2) is 0 Å². The van der Waals surface area contributed by atoms with Crippen LogP contribution in [0.5, 0.6) is 0 Å². The molecule has 1 radical (unpaired) electrons. The van der Waals surface area contributed by atoms with Gasteiger partial charge in [0.25, 0.3) is 0 Å². The van der Waals surface area contributed by atoms with Gasteiger partial charge in [-0.1, -0.05) is 83.2 Å². The summed E-state index contributed by atoms with van der Waals surface area (Å²) in [5, 5.41) is 0.605. The zero-order chi connectivity index (χ0) is 12.5. The van der Waals surface area contributed by atoms with Crippen molar-refractivity contribution in [1.82, 2.24) is 0 Å². The Kier molecular flexibility index (Phi) is 4.12. The molecule has 1 aliphatic carbocycles. The largest absolute Gasteiger partial charge is 0.111 e. The summed E-state index contributed by atoms with van der Waals surface area (Å²) in [6, 6.07) is 3.14. The summed E-state index contributed by atoms with van der Waals surface area (Å²) in [4.78, 5) is 0. The highest BCUT2D eigenvalue weighted by molar-refractivity contribution is 7.25. The lowest BCUT2D eigenvalue weighted by Crippen LogP contribution is -2.47. The summed E-state index contributed by atoms with van der Waals surface area (Å²) in [6.45, 7) is 13.0. The van der Waals surface area contributed by atoms with E-state index in [1.54, 1.807) is 12.1 Å². The smallest absolute Gasteiger partial charge is 0.0750 e. The molecule has 1 aliphatic heterocycles. The number of hydrogen-bond acceptors (Lipinski definition) is 0. The van der Waals surface area contributed by atoms with Gasteiger partial charge in [0.05, 0.1) is 0 Å². The molecule has 2 fully saturated rings. The first kappa shape index (κ1) is 13.7. The van der Waals surface area contributed by atoms with Gasteiger partial charge in [-0.2, -0.15) is 0 Å². The quantitative estimate of drug-likeness (QED) is 0.598. The number of rotatable bonds is 2. The van der Waals surface area contributed by atoms with Gasteiger partial charge in [-0.05, 0) is 11.8 Å². The van der Waals surface area contributed by atoms with Crippen LogP contribution in [-0.4, -0.2) is 14.8 Å². The van der Waals surface area contributed by atoms with Gasteiger partial charge in [0, 0.05) is 7.94 Å². The third-order valence-electron chi connectivity index (χ3n) is 5.53. The van der Waals surface area contributed by atoms with Crippen molar-refractivity contribution in [1.29, 1.82) is 0 Å². The van der Waals surface area contributed by atoms with E-state index in [4.69, 9.17) is 0 Å². The van der Waals surface area contributed by atoms with Crippen molar-refractivity contribution in [3.05, 3.63) is 0 Å². The second-order valence-corrected chi connectivity index (χ2v) is 12.4. The number of hydrogen-bond donors (Lipinski definition) is 0. The van der Waals surface area contributed by atoms with Crippen LogP contribution in [0.4, 0.5) is 0 Å². The summed E-state index contributed by atoms with van der Waals surface area (Å²) in [5.74, 6) is 1.99. The molecular weight excluding hydrogens is 219 g/mol. The van der Waals surface area contributed by atoms with Crippen molar-refractivity contribution < 1.29 is 0 Å². The molecule has 0 bridgehead atoms. The third-order valence-corrected chi connectivity index (χ3v) is 9.79. The maximum atomic E-state index is 2.91. The fourth-order valence-electron chi connectivity index (χ4n) is 3.97. The fraction of sp³-hybridized carbons (Fsp3) is 1.00. The van der Waals surface area contributed by atoms with Gasteiger partial charge in [-0.15, -0.1) is 0 Å². The fourth-order valence-corrected chi connectivity index (χ4v) is 8.79. The van der Waals surface area contributed by atoms with Gasteiger partial charge in [-0.3, -0.25) is 0 Å². The van der Waals surface area contributed by atoms with Gasteiger partial charge in [-0.25, -0.2) is 0 Å². The Morgan fingerprint density at radius 2 is 1.41 bits per heavy atom. The second-order valence-electron chi connectivity index (χ2n) is 7.82. The van der Waals surface area contributed by atoms with E-state index in [1.807, 2.05) is 0 Å². The highest BCUT2D eigenvalue weighted by Gasteiger charge is 2.40. The predicted molar refractivity (Wildman–Crippen MR) is 81.4 cm³/mol. The minimum atomic E-state index is -0.985. The van der Waals surface area contributed by atoms with Crippen molar-refractivity contribution in [3.8, 4) is 0 Å². The van der Waals surface area contributed by atoms with Crippen molar-refractivity contribution in [2.75, 3.05) is 0 Å². The molecule has 1 saturated heterocycles. The van der Waals surface area contributed by atoms with Crippen LogP contribution in [0, 0.1) is 11.8 Å². The molecule has 2 heteroatoms. The Balaban J connectivity index is 1.91. The molecule has 0 aromatic heterocycles. The molecule has 0 unspecified atom stereocenters. The zero-order valence-corrected chi connectivity index (χ0v) is 13.4. The monoisotopic (exact) mass is 249 g/mol. The first-order valence-electron chi connectivity index (χ1n) is 7.78. The van der Waals surface area contributed by atoms with E-state index in [2.05, 4.69) is 34.2 Å². The highest BCUT2D eigenvalue weighted by Crippen LogP contribution is 2.47.